The summed E-state index contributed by atoms with van der Waals surface area (Å²) in [5.74, 6) is 0.241. The number of piperidine rings is 1. The van der Waals surface area contributed by atoms with Crippen LogP contribution < -0.4 is 0 Å². The number of hydrogen-bond acceptors (Lipinski definition) is 5. The van der Waals surface area contributed by atoms with Gasteiger partial charge < -0.3 is 0 Å². The van der Waals surface area contributed by atoms with Crippen LogP contribution in [0.4, 0.5) is 4.79 Å². The predicted octanol–water partition coefficient (Wildman–Crippen LogP) is 7.19. The molecule has 1 fully saturated rings. The van der Waals surface area contributed by atoms with Crippen molar-refractivity contribution in [3.63, 3.8) is 0 Å². The second-order valence-corrected chi connectivity index (χ2v) is 24.2. The molecule has 6 nitrogen and oxygen atoms in total. The van der Waals surface area contributed by atoms with Gasteiger partial charge in [0.15, 0.2) is 0 Å². The number of unbranched alkanes of at least 4 members (excludes halogenated alkanes) is 3. The number of nitrogens with zero attached hydrogens (tertiary/aromatic N) is 1. The van der Waals surface area contributed by atoms with Crippen LogP contribution in [0.1, 0.15) is 86.5 Å². The van der Waals surface area contributed by atoms with Crippen LogP contribution in [-0.4, -0.2) is 81.3 Å². The van der Waals surface area contributed by atoms with Gasteiger partial charge in [-0.25, -0.2) is 0 Å². The maximum atomic E-state index is 12.5. The van der Waals surface area contributed by atoms with Gasteiger partial charge in [-0.05, 0) is 20.8 Å². The molecule has 35 heavy (non-hydrogen) atoms. The topological polar surface area (TPSA) is 57.2 Å². The molecule has 0 N–H and O–H groups in total. The van der Waals surface area contributed by atoms with E-state index in [1.54, 1.807) is 12.0 Å². The molecular formula is C28H55NO5Sn. The van der Waals surface area contributed by atoms with E-state index in [1.165, 1.54) is 51.8 Å². The van der Waals surface area contributed by atoms with Crippen molar-refractivity contribution in [3.8, 4) is 0 Å². The predicted molar refractivity (Wildman–Crippen MR) is 148 cm³/mol. The molecule has 0 radical (unpaired) electrons. The number of amides is 1. The van der Waals surface area contributed by atoms with Gasteiger partial charge >= 0.3 is 200 Å². The molecule has 0 bridgehead atoms. The van der Waals surface area contributed by atoms with Crippen molar-refractivity contribution >= 4 is 24.5 Å². The zero-order valence-electron chi connectivity index (χ0n) is 23.9. The zero-order chi connectivity index (χ0) is 26.2. The van der Waals surface area contributed by atoms with E-state index in [0.717, 1.165) is 6.42 Å². The van der Waals surface area contributed by atoms with Crippen LogP contribution in [-0.2, 0) is 18.9 Å². The Kier molecular flexibility index (Phi) is 16.8. The van der Waals surface area contributed by atoms with Crippen molar-refractivity contribution in [1.82, 2.24) is 4.90 Å². The van der Waals surface area contributed by atoms with Crippen molar-refractivity contribution in [2.45, 2.75) is 112 Å². The van der Waals surface area contributed by atoms with E-state index in [0.29, 0.717) is 26.3 Å². The Balaban J connectivity index is 2.68. The minimum absolute atomic E-state index is 0.114. The van der Waals surface area contributed by atoms with E-state index < -0.39 is 24.0 Å². The molecular weight excluding hydrogens is 549 g/mol. The molecule has 1 amide bonds. The number of ether oxygens (including phenoxy) is 4. The van der Waals surface area contributed by atoms with Gasteiger partial charge in [-0.15, -0.1) is 0 Å². The van der Waals surface area contributed by atoms with Crippen LogP contribution in [0.2, 0.25) is 13.3 Å². The number of methoxy groups -OCH3 is 1. The molecule has 0 aliphatic carbocycles. The Morgan fingerprint density at radius 3 is 2.14 bits per heavy atom. The summed E-state index contributed by atoms with van der Waals surface area (Å²) < 4.78 is 29.9. The molecule has 2 atom stereocenters. The average Bonchev–Trinajstić information content (AvgIpc) is 2.82. The summed E-state index contributed by atoms with van der Waals surface area (Å²) in [7, 11) is 1.62. The van der Waals surface area contributed by atoms with E-state index in [9.17, 15) is 4.79 Å². The SMILES string of the molecule is CCC[CH2][Sn](/[CH]=C/COCC1CCN(C(=O)OC(C)(C)C)CC1OCOC)([CH2]CCC)[CH2]CCC. The van der Waals surface area contributed by atoms with Crippen molar-refractivity contribution in [2.75, 3.05) is 40.2 Å². The summed E-state index contributed by atoms with van der Waals surface area (Å²) >= 11 is -2.25. The quantitative estimate of drug-likeness (QED) is 0.1000. The van der Waals surface area contributed by atoms with Crippen LogP contribution in [0.25, 0.3) is 0 Å². The first-order chi connectivity index (χ1) is 16.7. The van der Waals surface area contributed by atoms with E-state index in [-0.39, 0.29) is 24.9 Å². The summed E-state index contributed by atoms with van der Waals surface area (Å²) in [6.07, 6.45) is 10.8. The van der Waals surface area contributed by atoms with Gasteiger partial charge in [0, 0.05) is 0 Å². The monoisotopic (exact) mass is 605 g/mol. The Bertz CT molecular complexity index is 571. The fourth-order valence-electron chi connectivity index (χ4n) is 4.79. The molecule has 0 spiro atoms. The van der Waals surface area contributed by atoms with Crippen LogP contribution in [0.5, 0.6) is 0 Å². The van der Waals surface area contributed by atoms with Crippen LogP contribution in [0, 0.1) is 5.92 Å². The van der Waals surface area contributed by atoms with Gasteiger partial charge in [-0.1, -0.05) is 0 Å². The summed E-state index contributed by atoms with van der Waals surface area (Å²) in [4.78, 5) is 14.3. The van der Waals surface area contributed by atoms with E-state index in [1.807, 2.05) is 20.8 Å². The normalized spacial score (nSPS) is 19.5. The van der Waals surface area contributed by atoms with Gasteiger partial charge in [-0.2, -0.15) is 0 Å². The number of hydrogen-bond donors (Lipinski definition) is 0. The molecule has 206 valence electrons. The van der Waals surface area contributed by atoms with Crippen LogP contribution in [0.15, 0.2) is 10.2 Å². The Morgan fingerprint density at radius 2 is 1.63 bits per heavy atom. The number of rotatable bonds is 17. The molecule has 0 saturated carbocycles. The third-order valence-corrected chi connectivity index (χ3v) is 21.1. The zero-order valence-corrected chi connectivity index (χ0v) is 26.8. The van der Waals surface area contributed by atoms with Gasteiger partial charge in [0.05, 0.1) is 0 Å². The second-order valence-electron chi connectivity index (χ2n) is 11.2. The molecule has 1 aliphatic heterocycles. The van der Waals surface area contributed by atoms with Gasteiger partial charge in [0.1, 0.15) is 0 Å². The first kappa shape index (κ1) is 32.7. The van der Waals surface area contributed by atoms with E-state index in [4.69, 9.17) is 18.9 Å². The molecule has 1 rings (SSSR count). The third kappa shape index (κ3) is 13.7. The first-order valence-electron chi connectivity index (χ1n) is 14.0. The average molecular weight is 604 g/mol. The summed E-state index contributed by atoms with van der Waals surface area (Å²) in [6, 6.07) is 0. The van der Waals surface area contributed by atoms with Crippen molar-refractivity contribution < 1.29 is 23.7 Å². The van der Waals surface area contributed by atoms with Crippen molar-refractivity contribution in [2.24, 2.45) is 5.92 Å². The molecule has 1 aliphatic rings. The molecule has 7 heteroatoms. The van der Waals surface area contributed by atoms with Crippen molar-refractivity contribution in [3.05, 3.63) is 10.2 Å². The fraction of sp³-hybridized carbons (Fsp3) is 0.893. The summed E-state index contributed by atoms with van der Waals surface area (Å²) in [5.41, 5.74) is -0.502. The number of carbonyl (C=O) groups is 1. The van der Waals surface area contributed by atoms with Crippen LogP contribution >= 0.6 is 0 Å². The maximum absolute atomic E-state index is 12.5. The Labute approximate surface area is 220 Å². The number of likely N-dealkylation sites (tertiary alicyclic amines) is 1. The van der Waals surface area contributed by atoms with Crippen LogP contribution in [0.3, 0.4) is 0 Å². The summed E-state index contributed by atoms with van der Waals surface area (Å²) in [5, 5.41) is 0. The van der Waals surface area contributed by atoms with Gasteiger partial charge in [0.25, 0.3) is 0 Å². The fourth-order valence-corrected chi connectivity index (χ4v) is 19.1. The molecule has 1 saturated heterocycles. The standard InChI is InChI=1S/C16H28NO5.3C4H9.Sn/c1-6-9-20-11-13-7-8-17(10-14(13)21-12-19-5)15(18)22-16(2,3)4;3*1-3-4-2;/h1,6,13-14H,7-12H2,2-5H3;3*1,3-4H2,2H3;. The number of carbonyl (C=O) groups excluding carboxylic acids is 1. The molecule has 0 aromatic carbocycles. The minimum atomic E-state index is -2.25. The molecule has 2 unspecified atom stereocenters. The van der Waals surface area contributed by atoms with E-state index >= 15 is 0 Å². The van der Waals surface area contributed by atoms with Gasteiger partial charge in [-0.3, -0.25) is 0 Å². The summed E-state index contributed by atoms with van der Waals surface area (Å²) in [6.45, 7) is 15.3. The third-order valence-electron chi connectivity index (χ3n) is 6.85. The van der Waals surface area contributed by atoms with Crippen molar-refractivity contribution in [1.29, 1.82) is 0 Å². The molecule has 0 aromatic rings. The first-order valence-corrected chi connectivity index (χ1v) is 21.7. The Hall–Kier alpha value is -0.311. The van der Waals surface area contributed by atoms with E-state index in [2.05, 4.69) is 30.9 Å². The molecule has 0 aromatic heterocycles. The Morgan fingerprint density at radius 1 is 1.03 bits per heavy atom. The van der Waals surface area contributed by atoms with Gasteiger partial charge in [0.2, 0.25) is 0 Å². The molecule has 1 heterocycles. The second kappa shape index (κ2) is 18.0.